The Morgan fingerprint density at radius 1 is 1.20 bits per heavy atom. The summed E-state index contributed by atoms with van der Waals surface area (Å²) in [6.07, 6.45) is 0. The third-order valence-electron chi connectivity index (χ3n) is 3.08. The van der Waals surface area contributed by atoms with Gasteiger partial charge >= 0.3 is 5.97 Å². The number of nitrogens with one attached hydrogen (secondary N) is 1. The molecule has 0 amide bonds. The van der Waals surface area contributed by atoms with Crippen LogP contribution < -0.4 is 4.72 Å². The third kappa shape index (κ3) is 4.94. The predicted octanol–water partition coefficient (Wildman–Crippen LogP) is 1.82. The predicted molar refractivity (Wildman–Crippen MR) is 78.0 cm³/mol. The number of benzene rings is 1. The largest absolute Gasteiger partial charge is 0.480 e. The minimum absolute atomic E-state index is 0.131. The molecule has 0 saturated heterocycles. The molecule has 2 unspecified atom stereocenters. The molecule has 0 heterocycles. The van der Waals surface area contributed by atoms with Gasteiger partial charge in [-0.1, -0.05) is 51.1 Å². The van der Waals surface area contributed by atoms with Gasteiger partial charge in [0.05, 0.1) is 5.75 Å². The van der Waals surface area contributed by atoms with E-state index in [1.54, 1.807) is 20.8 Å². The Kier molecular flexibility index (Phi) is 5.71. The lowest BCUT2D eigenvalue weighted by atomic mass is 10.0. The molecule has 5 nitrogen and oxygen atoms in total. The lowest BCUT2D eigenvalue weighted by Gasteiger charge is -2.19. The second kappa shape index (κ2) is 6.85. The summed E-state index contributed by atoms with van der Waals surface area (Å²) in [6, 6.07) is 8.18. The van der Waals surface area contributed by atoms with Crippen molar-refractivity contribution in [1.82, 2.24) is 4.72 Å². The van der Waals surface area contributed by atoms with Crippen molar-refractivity contribution in [3.8, 4) is 0 Å². The Balaban J connectivity index is 2.77. The van der Waals surface area contributed by atoms with Crippen LogP contribution in [0, 0.1) is 5.92 Å². The zero-order chi connectivity index (χ0) is 15.3. The molecule has 2 N–H and O–H groups in total. The van der Waals surface area contributed by atoms with E-state index in [-0.39, 0.29) is 17.6 Å². The van der Waals surface area contributed by atoms with E-state index in [0.717, 1.165) is 5.56 Å². The van der Waals surface area contributed by atoms with Crippen LogP contribution in [0.4, 0.5) is 0 Å². The van der Waals surface area contributed by atoms with E-state index in [0.29, 0.717) is 0 Å². The highest BCUT2D eigenvalue weighted by molar-refractivity contribution is 7.89. The molecule has 0 aliphatic heterocycles. The second-order valence-corrected chi connectivity index (χ2v) is 7.07. The first-order chi connectivity index (χ1) is 9.23. The molecule has 0 fully saturated rings. The van der Waals surface area contributed by atoms with Crippen molar-refractivity contribution in [1.29, 1.82) is 0 Å². The summed E-state index contributed by atoms with van der Waals surface area (Å²) in [4.78, 5) is 11.0. The molecule has 0 aliphatic rings. The van der Waals surface area contributed by atoms with E-state index >= 15 is 0 Å². The summed E-state index contributed by atoms with van der Waals surface area (Å²) >= 11 is 0. The van der Waals surface area contributed by atoms with Gasteiger partial charge in [-0.05, 0) is 17.4 Å². The van der Waals surface area contributed by atoms with Crippen molar-refractivity contribution in [3.05, 3.63) is 35.9 Å². The van der Waals surface area contributed by atoms with Crippen LogP contribution in [0.15, 0.2) is 30.3 Å². The molecule has 1 aromatic carbocycles. The molecule has 0 spiro atoms. The van der Waals surface area contributed by atoms with Crippen LogP contribution >= 0.6 is 0 Å². The van der Waals surface area contributed by atoms with Gasteiger partial charge in [-0.25, -0.2) is 13.1 Å². The van der Waals surface area contributed by atoms with Gasteiger partial charge in [0.25, 0.3) is 0 Å². The van der Waals surface area contributed by atoms with E-state index in [1.807, 2.05) is 30.3 Å². The van der Waals surface area contributed by atoms with E-state index in [2.05, 4.69) is 4.72 Å². The van der Waals surface area contributed by atoms with E-state index < -0.39 is 22.0 Å². The highest BCUT2D eigenvalue weighted by Crippen LogP contribution is 2.17. The number of hydrogen-bond donors (Lipinski definition) is 2. The van der Waals surface area contributed by atoms with Crippen molar-refractivity contribution in [2.75, 3.05) is 5.75 Å². The minimum atomic E-state index is -3.65. The SMILES string of the molecule is CC(CS(=O)(=O)NC(C(=O)O)C(C)C)c1ccccc1. The van der Waals surface area contributed by atoms with Gasteiger partial charge in [-0.2, -0.15) is 0 Å². The number of carbonyl (C=O) groups is 1. The number of carboxylic acids is 1. The molecule has 2 atom stereocenters. The molecule has 1 rings (SSSR count). The van der Waals surface area contributed by atoms with E-state index in [9.17, 15) is 13.2 Å². The number of carboxylic acid groups (broad SMARTS) is 1. The number of aliphatic carboxylic acids is 1. The van der Waals surface area contributed by atoms with Gasteiger partial charge in [-0.3, -0.25) is 4.79 Å². The number of sulfonamides is 1. The summed E-state index contributed by atoms with van der Waals surface area (Å²) in [7, 11) is -3.65. The van der Waals surface area contributed by atoms with Crippen molar-refractivity contribution in [2.24, 2.45) is 5.92 Å². The molecule has 0 saturated carbocycles. The quantitative estimate of drug-likeness (QED) is 0.804. The maximum atomic E-state index is 12.1. The molecule has 20 heavy (non-hydrogen) atoms. The number of hydrogen-bond acceptors (Lipinski definition) is 3. The first kappa shape index (κ1) is 16.7. The smallest absolute Gasteiger partial charge is 0.321 e. The van der Waals surface area contributed by atoms with Gasteiger partial charge < -0.3 is 5.11 Å². The Labute approximate surface area is 120 Å². The van der Waals surface area contributed by atoms with E-state index in [4.69, 9.17) is 5.11 Å². The third-order valence-corrected chi connectivity index (χ3v) is 4.63. The lowest BCUT2D eigenvalue weighted by molar-refractivity contribution is -0.140. The summed E-state index contributed by atoms with van der Waals surface area (Å²) in [6.45, 7) is 5.14. The first-order valence-electron chi connectivity index (χ1n) is 6.50. The zero-order valence-electron chi connectivity index (χ0n) is 11.9. The van der Waals surface area contributed by atoms with Crippen LogP contribution in [0.3, 0.4) is 0 Å². The van der Waals surface area contributed by atoms with Crippen LogP contribution in [0.5, 0.6) is 0 Å². The van der Waals surface area contributed by atoms with Crippen molar-refractivity contribution < 1.29 is 18.3 Å². The van der Waals surface area contributed by atoms with Crippen LogP contribution in [-0.2, 0) is 14.8 Å². The van der Waals surface area contributed by atoms with Crippen molar-refractivity contribution >= 4 is 16.0 Å². The average molecular weight is 299 g/mol. The Bertz CT molecular complexity index is 540. The average Bonchev–Trinajstić information content (AvgIpc) is 2.36. The maximum Gasteiger partial charge on any atom is 0.321 e. The molecule has 1 aromatic rings. The molecule has 0 bridgehead atoms. The molecule has 112 valence electrons. The van der Waals surface area contributed by atoms with Crippen LogP contribution in [0.2, 0.25) is 0 Å². The minimum Gasteiger partial charge on any atom is -0.480 e. The summed E-state index contributed by atoms with van der Waals surface area (Å²) < 4.78 is 26.4. The lowest BCUT2D eigenvalue weighted by Crippen LogP contribution is -2.45. The highest BCUT2D eigenvalue weighted by atomic mass is 32.2. The van der Waals surface area contributed by atoms with Gasteiger partial charge in [0.15, 0.2) is 0 Å². The maximum absolute atomic E-state index is 12.1. The van der Waals surface area contributed by atoms with Crippen LogP contribution in [0.25, 0.3) is 0 Å². The Morgan fingerprint density at radius 2 is 1.75 bits per heavy atom. The molecule has 0 radical (unpaired) electrons. The number of rotatable bonds is 7. The molecular weight excluding hydrogens is 278 g/mol. The normalized spacial score (nSPS) is 15.0. The Hall–Kier alpha value is -1.40. The van der Waals surface area contributed by atoms with Gasteiger partial charge in [0.2, 0.25) is 10.0 Å². The summed E-state index contributed by atoms with van der Waals surface area (Å²) in [5, 5.41) is 9.03. The molecule has 0 aliphatic carbocycles. The molecule has 0 aromatic heterocycles. The molecule has 6 heteroatoms. The van der Waals surface area contributed by atoms with E-state index in [1.165, 1.54) is 0 Å². The molecular formula is C14H21NO4S. The summed E-state index contributed by atoms with van der Waals surface area (Å²) in [5.41, 5.74) is 0.911. The fourth-order valence-corrected chi connectivity index (χ4v) is 3.63. The Morgan fingerprint density at radius 3 is 2.20 bits per heavy atom. The fraction of sp³-hybridized carbons (Fsp3) is 0.500. The van der Waals surface area contributed by atoms with Crippen LogP contribution in [-0.4, -0.2) is 31.3 Å². The first-order valence-corrected chi connectivity index (χ1v) is 8.16. The van der Waals surface area contributed by atoms with Crippen molar-refractivity contribution in [2.45, 2.75) is 32.7 Å². The summed E-state index contributed by atoms with van der Waals surface area (Å²) in [5.74, 6) is -1.80. The fourth-order valence-electron chi connectivity index (χ4n) is 1.92. The van der Waals surface area contributed by atoms with Gasteiger partial charge in [-0.15, -0.1) is 0 Å². The topological polar surface area (TPSA) is 83.5 Å². The second-order valence-electron chi connectivity index (χ2n) is 5.27. The standard InChI is InChI=1S/C14H21NO4S/c1-10(2)13(14(16)17)15-20(18,19)9-11(3)12-7-5-4-6-8-12/h4-8,10-11,13,15H,9H2,1-3H3,(H,16,17). The monoisotopic (exact) mass is 299 g/mol. The van der Waals surface area contributed by atoms with Crippen molar-refractivity contribution in [3.63, 3.8) is 0 Å². The zero-order valence-corrected chi connectivity index (χ0v) is 12.7. The van der Waals surface area contributed by atoms with Crippen LogP contribution in [0.1, 0.15) is 32.3 Å². The van der Waals surface area contributed by atoms with Gasteiger partial charge in [0, 0.05) is 0 Å². The van der Waals surface area contributed by atoms with Gasteiger partial charge in [0.1, 0.15) is 6.04 Å². The highest BCUT2D eigenvalue weighted by Gasteiger charge is 2.28.